The Morgan fingerprint density at radius 3 is 2.36 bits per heavy atom. The lowest BCUT2D eigenvalue weighted by atomic mass is 9.79. The minimum atomic E-state index is -1.90. The smallest absolute Gasteiger partial charge is 0.213 e. The predicted molar refractivity (Wildman–Crippen MR) is 121 cm³/mol. The van der Waals surface area contributed by atoms with Crippen molar-refractivity contribution in [3.05, 3.63) is 0 Å². The second-order valence-corrected chi connectivity index (χ2v) is 20.9. The van der Waals surface area contributed by atoms with Gasteiger partial charge in [-0.2, -0.15) is 0 Å². The van der Waals surface area contributed by atoms with E-state index in [0.29, 0.717) is 6.42 Å². The molecule has 4 nitrogen and oxygen atoms in total. The summed E-state index contributed by atoms with van der Waals surface area (Å²) in [5, 5.41) is -1.02. The fourth-order valence-corrected chi connectivity index (χ4v) is 6.91. The first-order valence-electron chi connectivity index (χ1n) is 10.9. The van der Waals surface area contributed by atoms with E-state index >= 15 is 0 Å². The molecule has 3 atom stereocenters. The van der Waals surface area contributed by atoms with Gasteiger partial charge in [-0.3, -0.25) is 4.79 Å². The first-order valence-corrected chi connectivity index (χ1v) is 17.6. The molecular weight excluding hydrogens is 408 g/mol. The summed E-state index contributed by atoms with van der Waals surface area (Å²) in [6.07, 6.45) is 5.72. The molecule has 0 unspecified atom stereocenters. The van der Waals surface area contributed by atoms with Gasteiger partial charge in [-0.1, -0.05) is 38.8 Å². The van der Waals surface area contributed by atoms with Crippen LogP contribution in [0.25, 0.3) is 0 Å². The van der Waals surface area contributed by atoms with Crippen LogP contribution < -0.4 is 0 Å². The third kappa shape index (κ3) is 5.30. The minimum absolute atomic E-state index is 0.0286. The maximum atomic E-state index is 13.4. The second kappa shape index (κ2) is 8.42. The number of halogens is 1. The Balaban J connectivity index is 1.96. The van der Waals surface area contributed by atoms with Crippen molar-refractivity contribution >= 4 is 34.0 Å². The zero-order valence-corrected chi connectivity index (χ0v) is 22.0. The first kappa shape index (κ1) is 24.5. The van der Waals surface area contributed by atoms with Crippen LogP contribution in [0.4, 0.5) is 0 Å². The van der Waals surface area contributed by atoms with E-state index in [1.54, 1.807) is 0 Å². The molecule has 1 saturated heterocycles. The van der Waals surface area contributed by atoms with Gasteiger partial charge >= 0.3 is 0 Å². The summed E-state index contributed by atoms with van der Waals surface area (Å²) < 4.78 is 18.9. The number of fused-ring (bicyclic) bond motifs is 1. The van der Waals surface area contributed by atoms with Gasteiger partial charge in [0.1, 0.15) is 5.60 Å². The number of Topliss-reactive ketones (excluding diaryl/α,β-unsaturated/α-hetero) is 1. The highest BCUT2D eigenvalue weighted by Crippen LogP contribution is 2.50. The SMILES string of the molecule is CC(C)(C)[Si](C)(C)OCCCC[C@]1(Cl)O[C@@H]2CCCC[C@]2(O[Si](C)(C)C)C1=O. The molecule has 7 heteroatoms. The van der Waals surface area contributed by atoms with E-state index in [9.17, 15) is 4.79 Å². The van der Waals surface area contributed by atoms with Crippen molar-refractivity contribution in [2.45, 2.75) is 120 Å². The summed E-state index contributed by atoms with van der Waals surface area (Å²) in [5.74, 6) is -0.0286. The van der Waals surface area contributed by atoms with Gasteiger partial charge in [0.05, 0.1) is 6.10 Å². The van der Waals surface area contributed by atoms with E-state index in [1.165, 1.54) is 0 Å². The Morgan fingerprint density at radius 2 is 1.79 bits per heavy atom. The van der Waals surface area contributed by atoms with Crippen molar-refractivity contribution in [2.75, 3.05) is 6.61 Å². The number of hydrogen-bond acceptors (Lipinski definition) is 4. The number of alkyl halides is 1. The molecule has 2 fully saturated rings. The predicted octanol–water partition coefficient (Wildman–Crippen LogP) is 6.25. The third-order valence-corrected chi connectivity index (χ3v) is 12.5. The van der Waals surface area contributed by atoms with Gasteiger partial charge in [0, 0.05) is 6.61 Å². The number of rotatable bonds is 8. The maximum absolute atomic E-state index is 13.4. The Labute approximate surface area is 179 Å². The maximum Gasteiger partial charge on any atom is 0.213 e. The molecular formula is C21H41ClO4Si2. The molecule has 0 spiro atoms. The third-order valence-electron chi connectivity index (χ3n) is 6.49. The van der Waals surface area contributed by atoms with Gasteiger partial charge in [-0.15, -0.1) is 0 Å². The number of hydrogen-bond donors (Lipinski definition) is 0. The van der Waals surface area contributed by atoms with E-state index in [4.69, 9.17) is 25.2 Å². The molecule has 0 amide bonds. The van der Waals surface area contributed by atoms with Crippen LogP contribution in [0.5, 0.6) is 0 Å². The van der Waals surface area contributed by atoms with Crippen LogP contribution in [0.1, 0.15) is 65.7 Å². The summed E-state index contributed by atoms with van der Waals surface area (Å²) in [6.45, 7) is 18.4. The quantitative estimate of drug-likeness (QED) is 0.250. The van der Waals surface area contributed by atoms with E-state index in [1.807, 2.05) is 0 Å². The van der Waals surface area contributed by atoms with Crippen LogP contribution in [-0.4, -0.2) is 45.8 Å². The van der Waals surface area contributed by atoms with Gasteiger partial charge in [0.2, 0.25) is 10.8 Å². The molecule has 1 saturated carbocycles. The Bertz CT molecular complexity index is 570. The van der Waals surface area contributed by atoms with E-state index in [-0.39, 0.29) is 16.9 Å². The topological polar surface area (TPSA) is 44.8 Å². The lowest BCUT2D eigenvalue weighted by Crippen LogP contribution is -2.55. The van der Waals surface area contributed by atoms with Crippen LogP contribution in [0.15, 0.2) is 0 Å². The molecule has 1 aliphatic carbocycles. The van der Waals surface area contributed by atoms with Crippen molar-refractivity contribution in [1.82, 2.24) is 0 Å². The highest BCUT2D eigenvalue weighted by molar-refractivity contribution is 6.74. The van der Waals surface area contributed by atoms with Gasteiger partial charge in [-0.25, -0.2) is 0 Å². The molecule has 0 N–H and O–H groups in total. The fourth-order valence-electron chi connectivity index (χ4n) is 4.00. The summed E-state index contributed by atoms with van der Waals surface area (Å²) >= 11 is 6.79. The molecule has 0 aromatic rings. The number of unbranched alkanes of at least 4 members (excludes halogenated alkanes) is 1. The summed E-state index contributed by atoms with van der Waals surface area (Å²) in [7, 11) is -3.63. The monoisotopic (exact) mass is 448 g/mol. The van der Waals surface area contributed by atoms with Crippen LogP contribution in [0, 0.1) is 0 Å². The number of carbonyl (C=O) groups is 1. The van der Waals surface area contributed by atoms with Crippen molar-refractivity contribution in [3.8, 4) is 0 Å². The minimum Gasteiger partial charge on any atom is -0.417 e. The average Bonchev–Trinajstić information content (AvgIpc) is 2.73. The lowest BCUT2D eigenvalue weighted by molar-refractivity contribution is -0.136. The summed E-state index contributed by atoms with van der Waals surface area (Å²) in [4.78, 5) is 13.4. The van der Waals surface area contributed by atoms with E-state index in [0.717, 1.165) is 45.1 Å². The largest absolute Gasteiger partial charge is 0.417 e. The van der Waals surface area contributed by atoms with Crippen LogP contribution in [0.3, 0.4) is 0 Å². The molecule has 0 aromatic carbocycles. The molecule has 28 heavy (non-hydrogen) atoms. The molecule has 0 aromatic heterocycles. The molecule has 2 aliphatic rings. The standard InChI is InChI=1S/C21H41ClO4Si2/c1-19(2,3)28(7,8)24-16-12-11-15-21(22)18(23)20(26-27(4,5)6)14-10-9-13-17(20)25-21/h17H,9-16H2,1-8H3/t17-,20-,21+/m1/s1. The molecule has 0 bridgehead atoms. The molecule has 2 rings (SSSR count). The molecule has 1 aliphatic heterocycles. The Morgan fingerprint density at radius 1 is 1.14 bits per heavy atom. The lowest BCUT2D eigenvalue weighted by Gasteiger charge is -2.40. The fraction of sp³-hybridized carbons (Fsp3) is 0.952. The first-order chi connectivity index (χ1) is 12.6. The molecule has 164 valence electrons. The number of ether oxygens (including phenoxy) is 1. The van der Waals surface area contributed by atoms with Crippen LogP contribution in [0.2, 0.25) is 37.8 Å². The molecule has 0 radical (unpaired) electrons. The normalized spacial score (nSPS) is 31.9. The summed E-state index contributed by atoms with van der Waals surface area (Å²) in [6, 6.07) is 0. The van der Waals surface area contributed by atoms with Gasteiger partial charge in [0.15, 0.2) is 16.6 Å². The average molecular weight is 449 g/mol. The highest BCUT2D eigenvalue weighted by atomic mass is 35.5. The van der Waals surface area contributed by atoms with Gasteiger partial charge < -0.3 is 13.6 Å². The Kier molecular flexibility index (Phi) is 7.38. The van der Waals surface area contributed by atoms with Crippen molar-refractivity contribution in [2.24, 2.45) is 0 Å². The van der Waals surface area contributed by atoms with Gasteiger partial charge in [-0.05, 0) is 76.3 Å². The van der Waals surface area contributed by atoms with Crippen molar-refractivity contribution in [3.63, 3.8) is 0 Å². The number of carbonyl (C=O) groups excluding carboxylic acids is 1. The summed E-state index contributed by atoms with van der Waals surface area (Å²) in [5.41, 5.74) is -0.817. The Hall–Kier alpha value is 0.274. The second-order valence-electron chi connectivity index (χ2n) is 11.1. The van der Waals surface area contributed by atoms with Crippen LogP contribution >= 0.6 is 11.6 Å². The van der Waals surface area contributed by atoms with Crippen molar-refractivity contribution in [1.29, 1.82) is 0 Å². The van der Waals surface area contributed by atoms with E-state index < -0.39 is 27.3 Å². The van der Waals surface area contributed by atoms with Crippen LogP contribution in [-0.2, 0) is 18.4 Å². The highest BCUT2D eigenvalue weighted by Gasteiger charge is 2.64. The van der Waals surface area contributed by atoms with Gasteiger partial charge in [0.25, 0.3) is 0 Å². The van der Waals surface area contributed by atoms with Crippen molar-refractivity contribution < 1.29 is 18.4 Å². The number of ketones is 1. The van der Waals surface area contributed by atoms with E-state index in [2.05, 4.69) is 53.5 Å². The zero-order chi connectivity index (χ0) is 21.4. The molecule has 1 heterocycles. The zero-order valence-electron chi connectivity index (χ0n) is 19.2.